The van der Waals surface area contributed by atoms with Crippen LogP contribution in [-0.4, -0.2) is 17.9 Å². The minimum atomic E-state index is -0.439. The normalized spacial score (nSPS) is 32.5. The Bertz CT molecular complexity index is 641. The number of cyclic esters (lactones) is 1. The number of hydrogen-bond acceptors (Lipinski definition) is 3. The van der Waals surface area contributed by atoms with E-state index in [4.69, 9.17) is 4.74 Å². The lowest BCUT2D eigenvalue weighted by molar-refractivity contribution is -0.124. The van der Waals surface area contributed by atoms with Gasteiger partial charge in [0.05, 0.1) is 12.0 Å². The molecule has 1 N–H and O–H groups in total. The van der Waals surface area contributed by atoms with Crippen molar-refractivity contribution >= 4 is 11.9 Å². The van der Waals surface area contributed by atoms with Gasteiger partial charge in [-0.15, -0.1) is 0 Å². The first-order valence-electron chi connectivity index (χ1n) is 8.71. The highest BCUT2D eigenvalue weighted by atomic mass is 16.5. The first-order chi connectivity index (χ1) is 11.1. The molecule has 2 aliphatic carbocycles. The SMILES string of the molecule is C[C@H](NC(=O)C[C@H]1OC(=O)c2ccccc21)[C@H]1C[C@H]2CC[C@H]1C2. The van der Waals surface area contributed by atoms with E-state index in [-0.39, 0.29) is 24.3 Å². The van der Waals surface area contributed by atoms with Crippen molar-refractivity contribution in [2.75, 3.05) is 0 Å². The summed E-state index contributed by atoms with van der Waals surface area (Å²) in [4.78, 5) is 24.2. The van der Waals surface area contributed by atoms with Gasteiger partial charge >= 0.3 is 5.97 Å². The van der Waals surface area contributed by atoms with Crippen molar-refractivity contribution < 1.29 is 14.3 Å². The molecule has 1 aromatic rings. The lowest BCUT2D eigenvalue weighted by Gasteiger charge is -2.28. The Morgan fingerprint density at radius 3 is 2.87 bits per heavy atom. The van der Waals surface area contributed by atoms with Gasteiger partial charge in [-0.1, -0.05) is 24.6 Å². The van der Waals surface area contributed by atoms with E-state index < -0.39 is 6.10 Å². The molecule has 1 aromatic carbocycles. The fourth-order valence-electron chi connectivity index (χ4n) is 4.87. The maximum absolute atomic E-state index is 12.4. The van der Waals surface area contributed by atoms with Crippen LogP contribution in [0.25, 0.3) is 0 Å². The first-order valence-corrected chi connectivity index (χ1v) is 8.71. The molecule has 1 amide bonds. The van der Waals surface area contributed by atoms with Gasteiger partial charge in [0.15, 0.2) is 0 Å². The van der Waals surface area contributed by atoms with Gasteiger partial charge in [0.2, 0.25) is 5.91 Å². The second kappa shape index (κ2) is 5.66. The largest absolute Gasteiger partial charge is 0.453 e. The summed E-state index contributed by atoms with van der Waals surface area (Å²) in [7, 11) is 0. The van der Waals surface area contributed by atoms with E-state index in [1.165, 1.54) is 25.7 Å². The Labute approximate surface area is 136 Å². The van der Waals surface area contributed by atoms with Crippen LogP contribution in [0.15, 0.2) is 24.3 Å². The van der Waals surface area contributed by atoms with Crippen molar-refractivity contribution in [1.82, 2.24) is 5.32 Å². The van der Waals surface area contributed by atoms with Crippen LogP contribution in [0.5, 0.6) is 0 Å². The van der Waals surface area contributed by atoms with Crippen molar-refractivity contribution in [2.24, 2.45) is 17.8 Å². The number of carbonyl (C=O) groups excluding carboxylic acids is 2. The van der Waals surface area contributed by atoms with Crippen LogP contribution in [-0.2, 0) is 9.53 Å². The Kier molecular flexibility index (Phi) is 3.63. The van der Waals surface area contributed by atoms with Gasteiger partial charge in [-0.2, -0.15) is 0 Å². The van der Waals surface area contributed by atoms with Crippen LogP contribution in [0.3, 0.4) is 0 Å². The highest BCUT2D eigenvalue weighted by molar-refractivity contribution is 5.94. The van der Waals surface area contributed by atoms with Crippen LogP contribution in [0.4, 0.5) is 0 Å². The van der Waals surface area contributed by atoms with E-state index in [9.17, 15) is 9.59 Å². The summed E-state index contributed by atoms with van der Waals surface area (Å²) in [6, 6.07) is 7.54. The number of nitrogens with one attached hydrogen (secondary N) is 1. The Morgan fingerprint density at radius 1 is 1.30 bits per heavy atom. The number of esters is 1. The third kappa shape index (κ3) is 2.64. The number of hydrogen-bond donors (Lipinski definition) is 1. The van der Waals surface area contributed by atoms with Crippen molar-refractivity contribution in [1.29, 1.82) is 0 Å². The van der Waals surface area contributed by atoms with E-state index in [1.54, 1.807) is 6.07 Å². The number of benzene rings is 1. The Morgan fingerprint density at radius 2 is 2.13 bits per heavy atom. The van der Waals surface area contributed by atoms with Gasteiger partial charge in [-0.3, -0.25) is 4.79 Å². The monoisotopic (exact) mass is 313 g/mol. The molecular formula is C19H23NO3. The number of fused-ring (bicyclic) bond motifs is 3. The predicted molar refractivity (Wildman–Crippen MR) is 85.8 cm³/mol. The predicted octanol–water partition coefficient (Wildman–Crippen LogP) is 3.23. The van der Waals surface area contributed by atoms with Crippen LogP contribution in [0.1, 0.15) is 61.1 Å². The van der Waals surface area contributed by atoms with Gasteiger partial charge in [0.25, 0.3) is 0 Å². The Hall–Kier alpha value is -1.84. The molecule has 4 heteroatoms. The van der Waals surface area contributed by atoms with E-state index in [0.717, 1.165) is 17.4 Å². The van der Waals surface area contributed by atoms with Gasteiger partial charge in [0.1, 0.15) is 6.10 Å². The second-order valence-electron chi connectivity index (χ2n) is 7.38. The zero-order chi connectivity index (χ0) is 16.0. The highest BCUT2D eigenvalue weighted by Gasteiger charge is 2.42. The molecule has 122 valence electrons. The standard InChI is InChI=1S/C19H23NO3/c1-11(16-9-12-6-7-13(16)8-12)20-18(21)10-17-14-4-2-3-5-15(14)19(22)23-17/h2-5,11-13,16-17H,6-10H2,1H3,(H,20,21)/t11-,12-,13-,16+,17+/m0/s1. The van der Waals surface area contributed by atoms with Crippen molar-refractivity contribution in [3.63, 3.8) is 0 Å². The zero-order valence-corrected chi connectivity index (χ0v) is 13.5. The highest BCUT2D eigenvalue weighted by Crippen LogP contribution is 2.49. The van der Waals surface area contributed by atoms with Crippen LogP contribution in [0, 0.1) is 17.8 Å². The minimum absolute atomic E-state index is 0.0187. The lowest BCUT2D eigenvalue weighted by atomic mass is 9.84. The summed E-state index contributed by atoms with van der Waals surface area (Å²) in [5, 5.41) is 3.15. The van der Waals surface area contributed by atoms with Gasteiger partial charge in [0, 0.05) is 11.6 Å². The molecule has 23 heavy (non-hydrogen) atoms. The average Bonchev–Trinajstić information content (AvgIpc) is 3.23. The van der Waals surface area contributed by atoms with Crippen LogP contribution in [0.2, 0.25) is 0 Å². The molecule has 2 bridgehead atoms. The molecule has 0 aromatic heterocycles. The maximum atomic E-state index is 12.4. The third-order valence-corrected chi connectivity index (χ3v) is 5.97. The quantitative estimate of drug-likeness (QED) is 0.868. The van der Waals surface area contributed by atoms with Gasteiger partial charge in [-0.25, -0.2) is 4.79 Å². The summed E-state index contributed by atoms with van der Waals surface area (Å²) in [5.74, 6) is 1.96. The van der Waals surface area contributed by atoms with Gasteiger partial charge in [-0.05, 0) is 50.0 Å². The molecule has 0 saturated heterocycles. The number of carbonyl (C=O) groups is 2. The molecule has 2 fully saturated rings. The van der Waals surface area contributed by atoms with E-state index >= 15 is 0 Å². The molecule has 2 saturated carbocycles. The van der Waals surface area contributed by atoms with E-state index in [1.807, 2.05) is 18.2 Å². The molecule has 4 nitrogen and oxygen atoms in total. The fraction of sp³-hybridized carbons (Fsp3) is 0.579. The van der Waals surface area contributed by atoms with Crippen molar-refractivity contribution in [2.45, 2.75) is 51.2 Å². The van der Waals surface area contributed by atoms with Crippen LogP contribution >= 0.6 is 0 Å². The summed E-state index contributed by atoms with van der Waals surface area (Å²) in [6.45, 7) is 2.12. The molecule has 4 rings (SSSR count). The first kappa shape index (κ1) is 14.7. The lowest BCUT2D eigenvalue weighted by Crippen LogP contribution is -2.40. The molecule has 3 aliphatic rings. The van der Waals surface area contributed by atoms with Crippen LogP contribution < -0.4 is 5.32 Å². The zero-order valence-electron chi connectivity index (χ0n) is 13.5. The topological polar surface area (TPSA) is 55.4 Å². The summed E-state index contributed by atoms with van der Waals surface area (Å²) < 4.78 is 5.36. The third-order valence-electron chi connectivity index (χ3n) is 5.97. The summed E-state index contributed by atoms with van der Waals surface area (Å²) in [5.41, 5.74) is 1.42. The number of rotatable bonds is 4. The average molecular weight is 313 g/mol. The molecular weight excluding hydrogens is 290 g/mol. The summed E-state index contributed by atoms with van der Waals surface area (Å²) in [6.07, 6.45) is 5.07. The molecule has 0 unspecified atom stereocenters. The molecule has 0 radical (unpaired) electrons. The second-order valence-corrected chi connectivity index (χ2v) is 7.38. The molecule has 0 spiro atoms. The fourth-order valence-corrected chi connectivity index (χ4v) is 4.87. The smallest absolute Gasteiger partial charge is 0.339 e. The molecule has 1 heterocycles. The number of amides is 1. The molecule has 1 aliphatic heterocycles. The van der Waals surface area contributed by atoms with Crippen molar-refractivity contribution in [3.05, 3.63) is 35.4 Å². The number of ether oxygens (including phenoxy) is 1. The van der Waals surface area contributed by atoms with E-state index in [0.29, 0.717) is 11.5 Å². The van der Waals surface area contributed by atoms with E-state index in [2.05, 4.69) is 12.2 Å². The maximum Gasteiger partial charge on any atom is 0.339 e. The minimum Gasteiger partial charge on any atom is -0.453 e. The van der Waals surface area contributed by atoms with Crippen molar-refractivity contribution in [3.8, 4) is 0 Å². The van der Waals surface area contributed by atoms with Gasteiger partial charge < -0.3 is 10.1 Å². The molecule has 5 atom stereocenters. The summed E-state index contributed by atoms with van der Waals surface area (Å²) >= 11 is 0. The Balaban J connectivity index is 1.37.